The van der Waals surface area contributed by atoms with Crippen molar-refractivity contribution in [2.75, 3.05) is 17.3 Å². The second-order valence-corrected chi connectivity index (χ2v) is 6.25. The van der Waals surface area contributed by atoms with Crippen molar-refractivity contribution in [3.8, 4) is 0 Å². The van der Waals surface area contributed by atoms with E-state index in [-0.39, 0.29) is 5.54 Å². The van der Waals surface area contributed by atoms with Gasteiger partial charge in [0.25, 0.3) is 0 Å². The number of hydrogen-bond donors (Lipinski definition) is 0. The molecule has 0 atom stereocenters. The highest BCUT2D eigenvalue weighted by molar-refractivity contribution is 9.09. The number of nitrogens with zero attached hydrogens (tertiary/aromatic N) is 3. The summed E-state index contributed by atoms with van der Waals surface area (Å²) >= 11 is 3.60. The highest BCUT2D eigenvalue weighted by Crippen LogP contribution is 2.30. The zero-order valence-corrected chi connectivity index (χ0v) is 13.1. The minimum Gasteiger partial charge on any atom is -0.353 e. The number of rotatable bonds is 3. The molecule has 0 amide bonds. The first kappa shape index (κ1) is 13.8. The molecule has 4 heteroatoms. The molecule has 100 valence electrons. The molecule has 0 unspecified atom stereocenters. The van der Waals surface area contributed by atoms with E-state index in [1.54, 1.807) is 6.33 Å². The van der Waals surface area contributed by atoms with Crippen molar-refractivity contribution in [1.82, 2.24) is 9.97 Å². The maximum Gasteiger partial charge on any atom is 0.135 e. The summed E-state index contributed by atoms with van der Waals surface area (Å²) in [7, 11) is 2.13. The van der Waals surface area contributed by atoms with E-state index < -0.39 is 0 Å². The Bertz CT molecular complexity index is 418. The van der Waals surface area contributed by atoms with Crippen molar-refractivity contribution >= 4 is 21.7 Å². The minimum absolute atomic E-state index is 0.0639. The Morgan fingerprint density at radius 3 is 2.67 bits per heavy atom. The molecule has 18 heavy (non-hydrogen) atoms. The van der Waals surface area contributed by atoms with Crippen LogP contribution in [0.1, 0.15) is 44.4 Å². The van der Waals surface area contributed by atoms with Crippen LogP contribution in [0.5, 0.6) is 0 Å². The van der Waals surface area contributed by atoms with Gasteiger partial charge in [0.2, 0.25) is 0 Å². The molecule has 0 saturated carbocycles. The van der Waals surface area contributed by atoms with Gasteiger partial charge in [-0.2, -0.15) is 0 Å². The van der Waals surface area contributed by atoms with Crippen LogP contribution in [0.15, 0.2) is 6.33 Å². The third kappa shape index (κ3) is 2.68. The lowest BCUT2D eigenvalue weighted by molar-refractivity contribution is 0.543. The molecule has 1 heterocycles. The van der Waals surface area contributed by atoms with E-state index in [1.807, 2.05) is 0 Å². The van der Waals surface area contributed by atoms with Crippen LogP contribution in [0, 0.1) is 0 Å². The second kappa shape index (κ2) is 5.55. The van der Waals surface area contributed by atoms with Crippen molar-refractivity contribution in [3.63, 3.8) is 0 Å². The molecule has 2 rings (SSSR count). The van der Waals surface area contributed by atoms with Gasteiger partial charge in [-0.05, 0) is 39.5 Å². The van der Waals surface area contributed by atoms with Crippen LogP contribution in [0.3, 0.4) is 0 Å². The van der Waals surface area contributed by atoms with Crippen LogP contribution in [0.25, 0.3) is 0 Å². The van der Waals surface area contributed by atoms with E-state index in [0.717, 1.165) is 24.0 Å². The smallest absolute Gasteiger partial charge is 0.135 e. The lowest BCUT2D eigenvalue weighted by Crippen LogP contribution is -2.43. The molecule has 0 saturated heterocycles. The van der Waals surface area contributed by atoms with E-state index in [2.05, 4.69) is 51.7 Å². The summed E-state index contributed by atoms with van der Waals surface area (Å²) in [5, 5.41) is 0.926. The summed E-state index contributed by atoms with van der Waals surface area (Å²) in [4.78, 5) is 11.3. The van der Waals surface area contributed by atoms with Crippen molar-refractivity contribution in [3.05, 3.63) is 17.6 Å². The van der Waals surface area contributed by atoms with Gasteiger partial charge in [0.1, 0.15) is 12.1 Å². The summed E-state index contributed by atoms with van der Waals surface area (Å²) in [6.45, 7) is 4.46. The minimum atomic E-state index is 0.0639. The first-order chi connectivity index (χ1) is 8.56. The Labute approximate surface area is 118 Å². The normalized spacial score (nSPS) is 16.0. The Hall–Kier alpha value is -0.640. The van der Waals surface area contributed by atoms with Gasteiger partial charge in [-0.15, -0.1) is 0 Å². The third-order valence-electron chi connectivity index (χ3n) is 3.90. The molecular weight excluding hydrogens is 290 g/mol. The van der Waals surface area contributed by atoms with Crippen LogP contribution < -0.4 is 4.90 Å². The Morgan fingerprint density at radius 1 is 1.22 bits per heavy atom. The number of aromatic nitrogens is 2. The summed E-state index contributed by atoms with van der Waals surface area (Å²) in [5.41, 5.74) is 2.69. The van der Waals surface area contributed by atoms with E-state index in [4.69, 9.17) is 0 Å². The number of alkyl halides is 1. The quantitative estimate of drug-likeness (QED) is 0.633. The fourth-order valence-corrected chi connectivity index (χ4v) is 2.72. The molecule has 1 aromatic rings. The lowest BCUT2D eigenvalue weighted by atomic mass is 10.0. The van der Waals surface area contributed by atoms with Gasteiger partial charge in [0.05, 0.1) is 0 Å². The second-order valence-electron chi connectivity index (χ2n) is 5.69. The topological polar surface area (TPSA) is 29.0 Å². The molecular formula is C14H22BrN3. The van der Waals surface area contributed by atoms with Gasteiger partial charge < -0.3 is 4.90 Å². The highest BCUT2D eigenvalue weighted by Gasteiger charge is 2.26. The zero-order chi connectivity index (χ0) is 13.2. The number of anilines is 1. The lowest BCUT2D eigenvalue weighted by Gasteiger charge is -2.36. The molecule has 0 fully saturated rings. The Kier molecular flexibility index (Phi) is 4.25. The molecule has 1 aliphatic carbocycles. The predicted octanol–water partition coefficient (Wildman–Crippen LogP) is 3.36. The first-order valence-corrected chi connectivity index (χ1v) is 7.81. The van der Waals surface area contributed by atoms with Gasteiger partial charge in [0, 0.05) is 29.2 Å². The van der Waals surface area contributed by atoms with Crippen molar-refractivity contribution in [1.29, 1.82) is 0 Å². The fraction of sp³-hybridized carbons (Fsp3) is 0.714. The Morgan fingerprint density at radius 2 is 1.94 bits per heavy atom. The molecule has 3 nitrogen and oxygen atoms in total. The van der Waals surface area contributed by atoms with E-state index in [0.29, 0.717) is 0 Å². The first-order valence-electron chi connectivity index (χ1n) is 6.69. The van der Waals surface area contributed by atoms with Crippen LogP contribution in [0.2, 0.25) is 0 Å². The third-order valence-corrected chi connectivity index (χ3v) is 5.28. The molecule has 0 N–H and O–H groups in total. The average Bonchev–Trinajstić information content (AvgIpc) is 2.62. The van der Waals surface area contributed by atoms with Crippen molar-refractivity contribution in [2.24, 2.45) is 0 Å². The van der Waals surface area contributed by atoms with Crippen molar-refractivity contribution in [2.45, 2.75) is 51.5 Å². The molecule has 0 aromatic carbocycles. The van der Waals surface area contributed by atoms with Gasteiger partial charge in [-0.25, -0.2) is 9.97 Å². The number of aryl methyl sites for hydroxylation is 1. The maximum atomic E-state index is 4.54. The van der Waals surface area contributed by atoms with E-state index in [9.17, 15) is 0 Å². The molecule has 0 aliphatic heterocycles. The molecule has 0 radical (unpaired) electrons. The van der Waals surface area contributed by atoms with Crippen LogP contribution in [-0.2, 0) is 12.8 Å². The number of fused-ring (bicyclic) bond motifs is 1. The van der Waals surface area contributed by atoms with Gasteiger partial charge >= 0.3 is 0 Å². The number of halogens is 1. The van der Waals surface area contributed by atoms with Gasteiger partial charge in [-0.3, -0.25) is 0 Å². The molecule has 0 spiro atoms. The summed E-state index contributed by atoms with van der Waals surface area (Å²) in [5.74, 6) is 1.12. The SMILES string of the molecule is CN(c1ncnc2c1CCCCC2)C(C)(C)CBr. The standard InChI is InChI=1S/C14H22BrN3/c1-14(2,9-15)18(3)13-11-7-5-4-6-8-12(11)16-10-17-13/h10H,4-9H2,1-3H3. The van der Waals surface area contributed by atoms with Gasteiger partial charge in [-0.1, -0.05) is 22.4 Å². The average molecular weight is 312 g/mol. The summed E-state index contributed by atoms with van der Waals surface area (Å²) in [6, 6.07) is 0. The van der Waals surface area contributed by atoms with Crippen LogP contribution >= 0.6 is 15.9 Å². The summed E-state index contributed by atoms with van der Waals surface area (Å²) < 4.78 is 0. The largest absolute Gasteiger partial charge is 0.353 e. The molecule has 0 bridgehead atoms. The van der Waals surface area contributed by atoms with Crippen molar-refractivity contribution < 1.29 is 0 Å². The molecule has 1 aromatic heterocycles. The maximum absolute atomic E-state index is 4.54. The Balaban J connectivity index is 2.39. The van der Waals surface area contributed by atoms with E-state index in [1.165, 1.54) is 30.5 Å². The van der Waals surface area contributed by atoms with E-state index >= 15 is 0 Å². The molecule has 1 aliphatic rings. The zero-order valence-electron chi connectivity index (χ0n) is 11.5. The fourth-order valence-electron chi connectivity index (χ4n) is 2.35. The predicted molar refractivity (Wildman–Crippen MR) is 79.6 cm³/mol. The van der Waals surface area contributed by atoms with Crippen LogP contribution in [0.4, 0.5) is 5.82 Å². The van der Waals surface area contributed by atoms with Crippen LogP contribution in [-0.4, -0.2) is 27.9 Å². The number of hydrogen-bond acceptors (Lipinski definition) is 3. The summed E-state index contributed by atoms with van der Waals surface area (Å²) in [6.07, 6.45) is 7.77. The van der Waals surface area contributed by atoms with Gasteiger partial charge in [0.15, 0.2) is 0 Å². The monoisotopic (exact) mass is 311 g/mol. The highest BCUT2D eigenvalue weighted by atomic mass is 79.9.